The van der Waals surface area contributed by atoms with E-state index in [1.165, 1.54) is 13.0 Å². The van der Waals surface area contributed by atoms with Gasteiger partial charge >= 0.3 is 11.9 Å². The molecule has 0 heterocycles. The Labute approximate surface area is 222 Å². The van der Waals surface area contributed by atoms with Crippen LogP contribution in [0.1, 0.15) is 58.5 Å². The number of ether oxygens (including phenoxy) is 2. The van der Waals surface area contributed by atoms with E-state index < -0.39 is 18.0 Å². The van der Waals surface area contributed by atoms with Crippen LogP contribution in [0.15, 0.2) is 66.7 Å². The van der Waals surface area contributed by atoms with Gasteiger partial charge in [0, 0.05) is 19.0 Å². The summed E-state index contributed by atoms with van der Waals surface area (Å²) >= 11 is 0. The lowest BCUT2D eigenvalue weighted by atomic mass is 10.1. The van der Waals surface area contributed by atoms with Gasteiger partial charge in [0.25, 0.3) is 0 Å². The quantitative estimate of drug-likeness (QED) is 0.143. The summed E-state index contributed by atoms with van der Waals surface area (Å²) in [6.45, 7) is 2.56. The number of nitrogens with one attached hydrogen (secondary N) is 1. The van der Waals surface area contributed by atoms with E-state index in [-0.39, 0.29) is 12.4 Å². The van der Waals surface area contributed by atoms with Crippen molar-refractivity contribution in [1.82, 2.24) is 5.32 Å². The van der Waals surface area contributed by atoms with Crippen molar-refractivity contribution in [3.63, 3.8) is 0 Å². The van der Waals surface area contributed by atoms with Crippen molar-refractivity contribution in [3.05, 3.63) is 94.5 Å². The average Bonchev–Trinajstić information content (AvgIpc) is 2.91. The Morgan fingerprint density at radius 1 is 0.947 bits per heavy atom. The van der Waals surface area contributed by atoms with E-state index in [2.05, 4.69) is 10.1 Å². The number of carbonyl (C=O) groups is 2. The Balaban J connectivity index is 1.32. The highest BCUT2D eigenvalue weighted by Crippen LogP contribution is 2.22. The van der Waals surface area contributed by atoms with Crippen molar-refractivity contribution in [2.75, 3.05) is 19.7 Å². The Kier molecular flexibility index (Phi) is 11.3. The first-order valence-corrected chi connectivity index (χ1v) is 12.7. The molecule has 0 aliphatic rings. The summed E-state index contributed by atoms with van der Waals surface area (Å²) in [4.78, 5) is 22.8. The van der Waals surface area contributed by atoms with Crippen LogP contribution in [-0.4, -0.2) is 47.0 Å². The second kappa shape index (κ2) is 14.9. The summed E-state index contributed by atoms with van der Waals surface area (Å²) in [5.41, 5.74) is 3.56. The zero-order valence-corrected chi connectivity index (χ0v) is 21.6. The fraction of sp³-hybridized carbons (Fsp3) is 0.333. The minimum absolute atomic E-state index is 0.0161. The number of esters is 2. The molecule has 8 heteroatoms. The molecule has 0 spiro atoms. The number of hydrogen-bond donors (Lipinski definition) is 4. The molecule has 0 aliphatic heterocycles. The molecule has 0 unspecified atom stereocenters. The van der Waals surface area contributed by atoms with Crippen molar-refractivity contribution in [2.24, 2.45) is 0 Å². The first kappa shape index (κ1) is 28.8. The van der Waals surface area contributed by atoms with Crippen molar-refractivity contribution in [3.8, 4) is 11.5 Å². The first-order valence-electron chi connectivity index (χ1n) is 12.7. The third-order valence-electron chi connectivity index (χ3n) is 6.04. The number of aliphatic hydroxyl groups excluding tert-OH is 2. The predicted molar refractivity (Wildman–Crippen MR) is 143 cm³/mol. The van der Waals surface area contributed by atoms with Gasteiger partial charge in [0.05, 0.1) is 24.9 Å². The van der Waals surface area contributed by atoms with Crippen LogP contribution < -0.4 is 10.1 Å². The van der Waals surface area contributed by atoms with Crippen molar-refractivity contribution < 1.29 is 34.4 Å². The van der Waals surface area contributed by atoms with Crippen LogP contribution in [0.4, 0.5) is 0 Å². The number of aliphatic hydroxyl groups is 2. The smallest absolute Gasteiger partial charge is 0.345 e. The van der Waals surface area contributed by atoms with E-state index in [4.69, 9.17) is 4.74 Å². The van der Waals surface area contributed by atoms with Gasteiger partial charge in [-0.05, 0) is 85.3 Å². The molecule has 38 heavy (non-hydrogen) atoms. The average molecular weight is 522 g/mol. The van der Waals surface area contributed by atoms with Gasteiger partial charge in [0.1, 0.15) is 11.5 Å². The Morgan fingerprint density at radius 3 is 2.47 bits per heavy atom. The van der Waals surface area contributed by atoms with Gasteiger partial charge in [-0.2, -0.15) is 0 Å². The zero-order chi connectivity index (χ0) is 27.3. The van der Waals surface area contributed by atoms with Crippen LogP contribution in [0.2, 0.25) is 0 Å². The van der Waals surface area contributed by atoms with Crippen molar-refractivity contribution in [2.45, 2.75) is 45.3 Å². The molecule has 3 rings (SSSR count). The fourth-order valence-corrected chi connectivity index (χ4v) is 3.95. The molecule has 0 bridgehead atoms. The topological polar surface area (TPSA) is 125 Å². The molecule has 4 N–H and O–H groups in total. The largest absolute Gasteiger partial charge is 0.508 e. The number of aryl methyl sites for hydroxylation is 1. The second-order valence-corrected chi connectivity index (χ2v) is 9.05. The third-order valence-corrected chi connectivity index (χ3v) is 6.04. The zero-order valence-electron chi connectivity index (χ0n) is 21.6. The Bertz CT molecular complexity index is 1190. The molecule has 0 saturated carbocycles. The number of benzene rings is 3. The lowest BCUT2D eigenvalue weighted by Gasteiger charge is -2.14. The minimum Gasteiger partial charge on any atom is -0.508 e. The van der Waals surface area contributed by atoms with E-state index in [1.807, 2.05) is 30.3 Å². The fourth-order valence-electron chi connectivity index (χ4n) is 3.95. The van der Waals surface area contributed by atoms with Crippen LogP contribution in [0, 0.1) is 0 Å². The summed E-state index contributed by atoms with van der Waals surface area (Å²) in [6.07, 6.45) is 2.61. The van der Waals surface area contributed by atoms with E-state index in [1.54, 1.807) is 30.3 Å². The summed E-state index contributed by atoms with van der Waals surface area (Å²) in [5, 5.41) is 32.5. The molecule has 3 aromatic rings. The summed E-state index contributed by atoms with van der Waals surface area (Å²) in [7, 11) is 0. The molecule has 0 saturated heterocycles. The highest BCUT2D eigenvalue weighted by Gasteiger charge is 2.11. The number of rotatable bonds is 14. The van der Waals surface area contributed by atoms with E-state index in [9.17, 15) is 24.9 Å². The Morgan fingerprint density at radius 2 is 1.74 bits per heavy atom. The van der Waals surface area contributed by atoms with Gasteiger partial charge in [-0.25, -0.2) is 4.79 Å². The monoisotopic (exact) mass is 521 g/mol. The lowest BCUT2D eigenvalue weighted by molar-refractivity contribution is -0.135. The maximum atomic E-state index is 11.9. The Hall–Kier alpha value is -3.72. The molecule has 3 aromatic carbocycles. The van der Waals surface area contributed by atoms with Gasteiger partial charge in [-0.1, -0.05) is 30.3 Å². The van der Waals surface area contributed by atoms with Crippen LogP contribution in [0.25, 0.3) is 0 Å². The molecule has 0 fully saturated rings. The molecule has 202 valence electrons. The number of carbonyl (C=O) groups excluding carboxylic acids is 2. The van der Waals surface area contributed by atoms with Crippen molar-refractivity contribution >= 4 is 11.9 Å². The van der Waals surface area contributed by atoms with Gasteiger partial charge in [-0.3, -0.25) is 4.79 Å². The predicted octanol–water partition coefficient (Wildman–Crippen LogP) is 3.86. The molecule has 0 amide bonds. The third kappa shape index (κ3) is 9.30. The van der Waals surface area contributed by atoms with Gasteiger partial charge < -0.3 is 30.1 Å². The maximum Gasteiger partial charge on any atom is 0.345 e. The summed E-state index contributed by atoms with van der Waals surface area (Å²) < 4.78 is 10.5. The maximum absolute atomic E-state index is 11.9. The van der Waals surface area contributed by atoms with E-state index in [0.717, 1.165) is 42.6 Å². The van der Waals surface area contributed by atoms with Gasteiger partial charge in [-0.15, -0.1) is 0 Å². The minimum atomic E-state index is -0.733. The normalized spacial score (nSPS) is 11.7. The van der Waals surface area contributed by atoms with Crippen LogP contribution in [-0.2, 0) is 29.0 Å². The molecule has 8 nitrogen and oxygen atoms in total. The van der Waals surface area contributed by atoms with E-state index in [0.29, 0.717) is 36.4 Å². The molecule has 0 radical (unpaired) electrons. The summed E-state index contributed by atoms with van der Waals surface area (Å²) in [5.74, 6) is -0.436. The number of phenols is 1. The molecular weight excluding hydrogens is 486 g/mol. The lowest BCUT2D eigenvalue weighted by Crippen LogP contribution is -2.23. The van der Waals surface area contributed by atoms with Gasteiger partial charge in [0.2, 0.25) is 0 Å². The molecular formula is C30H35NO7. The van der Waals surface area contributed by atoms with Crippen LogP contribution in [0.3, 0.4) is 0 Å². The summed E-state index contributed by atoms with van der Waals surface area (Å²) in [6, 6.07) is 19.8. The number of aromatic hydroxyl groups is 1. The second-order valence-electron chi connectivity index (χ2n) is 9.05. The molecule has 1 atom stereocenters. The van der Waals surface area contributed by atoms with Gasteiger partial charge in [0.15, 0.2) is 0 Å². The highest BCUT2D eigenvalue weighted by atomic mass is 16.6. The van der Waals surface area contributed by atoms with Crippen molar-refractivity contribution in [1.29, 1.82) is 0 Å². The van der Waals surface area contributed by atoms with Crippen LogP contribution >= 0.6 is 0 Å². The first-order chi connectivity index (χ1) is 18.4. The molecule has 0 aromatic heterocycles. The molecule has 0 aliphatic carbocycles. The number of hydrogen-bond acceptors (Lipinski definition) is 8. The standard InChI is InChI=1S/C30H35NO7/c1-21(33)38-30(36)25-7-4-6-23(17-25)5-2-3-16-37-27-11-8-22(9-12-27)14-15-31-19-29(35)24-10-13-28(34)26(18-24)20-32/h4,6-13,17-18,29,31-32,34-35H,2-3,5,14-16,19-20H2,1H3/t29-/m1/s1. The highest BCUT2D eigenvalue weighted by molar-refractivity contribution is 5.96. The SMILES string of the molecule is CC(=O)OC(=O)c1cccc(CCCCOc2ccc(CCNC[C@@H](O)c3ccc(O)c(CO)c3)cc2)c1. The number of unbranched alkanes of at least 4 members (excludes halogenated alkanes) is 1. The van der Waals surface area contributed by atoms with E-state index >= 15 is 0 Å². The van der Waals surface area contributed by atoms with Crippen LogP contribution in [0.5, 0.6) is 11.5 Å².